The molecule has 0 saturated carbocycles. The maximum atomic E-state index is 6.37. The van der Waals surface area contributed by atoms with Crippen LogP contribution in [0.1, 0.15) is 0 Å². The summed E-state index contributed by atoms with van der Waals surface area (Å²) in [5.74, 6) is 0. The van der Waals surface area contributed by atoms with Crippen molar-refractivity contribution in [2.45, 2.75) is 0 Å². The van der Waals surface area contributed by atoms with Gasteiger partial charge in [-0.05, 0) is 107 Å². The first-order chi connectivity index (χ1) is 23.3. The molecule has 9 aromatic carbocycles. The summed E-state index contributed by atoms with van der Waals surface area (Å²) in [4.78, 5) is 0. The summed E-state index contributed by atoms with van der Waals surface area (Å²) in [6.45, 7) is 0. The first-order valence-electron chi connectivity index (χ1n) is 16.2. The smallest absolute Gasteiger partial charge is 0.136 e. The van der Waals surface area contributed by atoms with Crippen LogP contribution in [-0.4, -0.2) is 0 Å². The lowest BCUT2D eigenvalue weighted by molar-refractivity contribution is 0.669. The molecule has 218 valence electrons. The van der Waals surface area contributed by atoms with Crippen molar-refractivity contribution in [3.05, 3.63) is 170 Å². The minimum absolute atomic E-state index is 0.913. The standard InChI is InChI=1S/C46H28O/c1-2-12-31-26-33(21-20-29(31)10-1)32-13-9-14-34(27-32)44-37-16-5-7-18-39(37)45(40-19-8-6-17-38(40)44)35-23-24-42-41(28-35)46-36-15-4-3-11-30(36)22-25-43(46)47-42/h1-28H. The Kier molecular flexibility index (Phi) is 5.64. The lowest BCUT2D eigenvalue weighted by Crippen LogP contribution is -1.91. The van der Waals surface area contributed by atoms with Crippen molar-refractivity contribution in [1.82, 2.24) is 0 Å². The van der Waals surface area contributed by atoms with Gasteiger partial charge in [-0.3, -0.25) is 0 Å². The van der Waals surface area contributed by atoms with Crippen LogP contribution in [0.15, 0.2) is 174 Å². The van der Waals surface area contributed by atoms with Crippen molar-refractivity contribution in [3.63, 3.8) is 0 Å². The van der Waals surface area contributed by atoms with Crippen molar-refractivity contribution >= 4 is 65.0 Å². The highest BCUT2D eigenvalue weighted by atomic mass is 16.3. The number of rotatable bonds is 3. The van der Waals surface area contributed by atoms with Gasteiger partial charge < -0.3 is 4.42 Å². The first kappa shape index (κ1) is 26.1. The minimum Gasteiger partial charge on any atom is -0.456 e. The van der Waals surface area contributed by atoms with Gasteiger partial charge >= 0.3 is 0 Å². The van der Waals surface area contributed by atoms with E-state index in [-0.39, 0.29) is 0 Å². The van der Waals surface area contributed by atoms with Crippen LogP contribution in [0.3, 0.4) is 0 Å². The van der Waals surface area contributed by atoms with Gasteiger partial charge in [0.25, 0.3) is 0 Å². The molecule has 1 heterocycles. The van der Waals surface area contributed by atoms with Crippen molar-refractivity contribution in [2.75, 3.05) is 0 Å². The first-order valence-corrected chi connectivity index (χ1v) is 16.2. The third-order valence-electron chi connectivity index (χ3n) is 9.81. The van der Waals surface area contributed by atoms with E-state index in [2.05, 4.69) is 170 Å². The average Bonchev–Trinajstić information content (AvgIpc) is 3.52. The molecule has 0 bridgehead atoms. The molecule has 0 aliphatic heterocycles. The molecule has 0 amide bonds. The summed E-state index contributed by atoms with van der Waals surface area (Å²) in [6.07, 6.45) is 0. The molecule has 1 aromatic heterocycles. The molecule has 0 unspecified atom stereocenters. The molecule has 10 aromatic rings. The Morgan fingerprint density at radius 3 is 1.51 bits per heavy atom. The minimum atomic E-state index is 0.913. The van der Waals surface area contributed by atoms with E-state index in [4.69, 9.17) is 4.42 Å². The lowest BCUT2D eigenvalue weighted by atomic mass is 9.85. The number of furan rings is 1. The van der Waals surface area contributed by atoms with Gasteiger partial charge in [0.05, 0.1) is 0 Å². The lowest BCUT2D eigenvalue weighted by Gasteiger charge is -2.18. The highest BCUT2D eigenvalue weighted by Gasteiger charge is 2.18. The molecule has 0 saturated heterocycles. The molecule has 47 heavy (non-hydrogen) atoms. The van der Waals surface area contributed by atoms with Crippen molar-refractivity contribution in [1.29, 1.82) is 0 Å². The van der Waals surface area contributed by atoms with Gasteiger partial charge in [-0.25, -0.2) is 0 Å². The normalized spacial score (nSPS) is 11.8. The number of hydrogen-bond acceptors (Lipinski definition) is 1. The zero-order chi connectivity index (χ0) is 30.9. The predicted molar refractivity (Wildman–Crippen MR) is 200 cm³/mol. The fourth-order valence-corrected chi connectivity index (χ4v) is 7.68. The summed E-state index contributed by atoms with van der Waals surface area (Å²) in [6, 6.07) is 61.6. The molecule has 0 fully saturated rings. The van der Waals surface area contributed by atoms with E-state index in [1.54, 1.807) is 0 Å². The Morgan fingerprint density at radius 1 is 0.277 bits per heavy atom. The molecular formula is C46H28O. The van der Waals surface area contributed by atoms with Gasteiger partial charge in [-0.1, -0.05) is 140 Å². The van der Waals surface area contributed by atoms with Gasteiger partial charge in [0.1, 0.15) is 11.2 Å². The van der Waals surface area contributed by atoms with Crippen LogP contribution in [0.2, 0.25) is 0 Å². The number of hydrogen-bond donors (Lipinski definition) is 0. The van der Waals surface area contributed by atoms with Crippen LogP contribution in [0.5, 0.6) is 0 Å². The van der Waals surface area contributed by atoms with Crippen LogP contribution < -0.4 is 0 Å². The van der Waals surface area contributed by atoms with Crippen LogP contribution in [0, 0.1) is 0 Å². The van der Waals surface area contributed by atoms with Crippen LogP contribution >= 0.6 is 0 Å². The Hall–Kier alpha value is -6.18. The predicted octanol–water partition coefficient (Wildman–Crippen LogP) is 13.2. The van der Waals surface area contributed by atoms with Gasteiger partial charge in [0, 0.05) is 10.8 Å². The molecule has 1 heteroatoms. The van der Waals surface area contributed by atoms with Crippen molar-refractivity contribution < 1.29 is 4.42 Å². The maximum absolute atomic E-state index is 6.37. The Labute approximate surface area is 271 Å². The van der Waals surface area contributed by atoms with E-state index >= 15 is 0 Å². The summed E-state index contributed by atoms with van der Waals surface area (Å²) in [5, 5.41) is 12.3. The molecule has 0 aliphatic carbocycles. The molecule has 0 N–H and O–H groups in total. The van der Waals surface area contributed by atoms with Gasteiger partial charge in [-0.2, -0.15) is 0 Å². The largest absolute Gasteiger partial charge is 0.456 e. The van der Waals surface area contributed by atoms with E-state index < -0.39 is 0 Å². The molecular weight excluding hydrogens is 569 g/mol. The van der Waals surface area contributed by atoms with E-state index in [1.807, 2.05) is 0 Å². The SMILES string of the molecule is c1cc(-c2ccc3ccccc3c2)cc(-c2c3ccccc3c(-c3ccc4oc5ccc6ccccc6c5c4c3)c3ccccc23)c1. The fourth-order valence-electron chi connectivity index (χ4n) is 7.68. The van der Waals surface area contributed by atoms with Gasteiger partial charge in [-0.15, -0.1) is 0 Å². The second-order valence-electron chi connectivity index (χ2n) is 12.5. The average molecular weight is 597 g/mol. The number of benzene rings is 9. The Bertz CT molecular complexity index is 2800. The van der Waals surface area contributed by atoms with Crippen LogP contribution in [0.25, 0.3) is 98.4 Å². The molecule has 0 radical (unpaired) electrons. The van der Waals surface area contributed by atoms with E-state index in [1.165, 1.54) is 81.9 Å². The van der Waals surface area contributed by atoms with Gasteiger partial charge in [0.15, 0.2) is 0 Å². The molecule has 0 aliphatic rings. The quantitative estimate of drug-likeness (QED) is 0.185. The summed E-state index contributed by atoms with van der Waals surface area (Å²) in [7, 11) is 0. The molecule has 1 nitrogen and oxygen atoms in total. The van der Waals surface area contributed by atoms with Crippen molar-refractivity contribution in [2.24, 2.45) is 0 Å². The van der Waals surface area contributed by atoms with E-state index in [0.717, 1.165) is 16.6 Å². The third-order valence-corrected chi connectivity index (χ3v) is 9.81. The summed E-state index contributed by atoms with van der Waals surface area (Å²) in [5.41, 5.74) is 9.21. The van der Waals surface area contributed by atoms with E-state index in [0.29, 0.717) is 0 Å². The Morgan fingerprint density at radius 2 is 0.787 bits per heavy atom. The Balaban J connectivity index is 1.23. The van der Waals surface area contributed by atoms with E-state index in [9.17, 15) is 0 Å². The third kappa shape index (κ3) is 4.03. The molecule has 10 rings (SSSR count). The highest BCUT2D eigenvalue weighted by molar-refractivity contribution is 6.23. The topological polar surface area (TPSA) is 13.1 Å². The molecule has 0 atom stereocenters. The van der Waals surface area contributed by atoms with Crippen molar-refractivity contribution in [3.8, 4) is 33.4 Å². The monoisotopic (exact) mass is 596 g/mol. The molecule has 0 spiro atoms. The number of fused-ring (bicyclic) bond motifs is 8. The summed E-state index contributed by atoms with van der Waals surface area (Å²) < 4.78 is 6.37. The summed E-state index contributed by atoms with van der Waals surface area (Å²) >= 11 is 0. The zero-order valence-corrected chi connectivity index (χ0v) is 25.6. The zero-order valence-electron chi connectivity index (χ0n) is 25.6. The van der Waals surface area contributed by atoms with Crippen LogP contribution in [-0.2, 0) is 0 Å². The highest BCUT2D eigenvalue weighted by Crippen LogP contribution is 2.45. The fraction of sp³-hybridized carbons (Fsp3) is 0. The van der Waals surface area contributed by atoms with Crippen LogP contribution in [0.4, 0.5) is 0 Å². The second-order valence-corrected chi connectivity index (χ2v) is 12.5. The van der Waals surface area contributed by atoms with Gasteiger partial charge in [0.2, 0.25) is 0 Å². The second kappa shape index (κ2) is 10.2. The maximum Gasteiger partial charge on any atom is 0.136 e.